The van der Waals surface area contributed by atoms with E-state index in [4.69, 9.17) is 4.74 Å². The van der Waals surface area contributed by atoms with Crippen molar-refractivity contribution in [1.29, 1.82) is 0 Å². The minimum Gasteiger partial charge on any atom is -0.497 e. The summed E-state index contributed by atoms with van der Waals surface area (Å²) in [7, 11) is 1.57. The quantitative estimate of drug-likeness (QED) is 0.811. The molecule has 1 fully saturated rings. The van der Waals surface area contributed by atoms with Crippen LogP contribution in [-0.4, -0.2) is 30.2 Å². The average molecular weight is 402 g/mol. The minimum atomic E-state index is -4.35. The van der Waals surface area contributed by atoms with Crippen molar-refractivity contribution < 1.29 is 23.0 Å². The van der Waals surface area contributed by atoms with Crippen molar-refractivity contribution in [2.75, 3.05) is 20.2 Å². The highest BCUT2D eigenvalue weighted by atomic mass is 35.5. The van der Waals surface area contributed by atoms with Gasteiger partial charge in [0.2, 0.25) is 0 Å². The van der Waals surface area contributed by atoms with Crippen molar-refractivity contribution in [1.82, 2.24) is 4.90 Å². The number of piperidine rings is 1. The lowest BCUT2D eigenvalue weighted by Gasteiger charge is -2.39. The Bertz CT molecular complexity index is 769. The molecule has 27 heavy (non-hydrogen) atoms. The number of methoxy groups -OCH3 is 1. The zero-order valence-corrected chi connectivity index (χ0v) is 15.8. The fraction of sp³-hybridized carbons (Fsp3) is 0.400. The lowest BCUT2D eigenvalue weighted by molar-refractivity contribution is -0.137. The molecule has 0 amide bonds. The van der Waals surface area contributed by atoms with Gasteiger partial charge in [-0.25, -0.2) is 0 Å². The van der Waals surface area contributed by atoms with Crippen LogP contribution >= 0.6 is 12.4 Å². The molecule has 3 nitrogen and oxygen atoms in total. The van der Waals surface area contributed by atoms with Crippen LogP contribution in [0.2, 0.25) is 0 Å². The van der Waals surface area contributed by atoms with Crippen LogP contribution in [0.25, 0.3) is 0 Å². The number of ether oxygens (including phenoxy) is 1. The van der Waals surface area contributed by atoms with Crippen LogP contribution < -0.4 is 4.74 Å². The number of rotatable bonds is 4. The van der Waals surface area contributed by atoms with E-state index in [1.54, 1.807) is 13.2 Å². The highest BCUT2D eigenvalue weighted by Gasteiger charge is 2.35. The highest BCUT2D eigenvalue weighted by Crippen LogP contribution is 2.34. The van der Waals surface area contributed by atoms with E-state index in [0.29, 0.717) is 30.8 Å². The first kappa shape index (κ1) is 21.5. The molecule has 0 saturated carbocycles. The molecule has 0 radical (unpaired) electrons. The molecule has 0 aromatic heterocycles. The van der Waals surface area contributed by atoms with E-state index < -0.39 is 17.3 Å². The van der Waals surface area contributed by atoms with Crippen LogP contribution in [0.3, 0.4) is 0 Å². The lowest BCUT2D eigenvalue weighted by Crippen LogP contribution is -2.45. The summed E-state index contributed by atoms with van der Waals surface area (Å²) < 4.78 is 43.9. The first-order valence-electron chi connectivity index (χ1n) is 8.56. The lowest BCUT2D eigenvalue weighted by atomic mass is 9.85. The Kier molecular flexibility index (Phi) is 6.78. The van der Waals surface area contributed by atoms with Crippen LogP contribution in [0.1, 0.15) is 29.5 Å². The molecular weight excluding hydrogens is 379 g/mol. The SMILES string of the molecule is COc1cccc(C2(O)CCCN(Cc3cccc(C(F)(F)F)c3)C2)c1.Cl. The van der Waals surface area contributed by atoms with E-state index in [-0.39, 0.29) is 12.4 Å². The van der Waals surface area contributed by atoms with Gasteiger partial charge in [-0.2, -0.15) is 13.2 Å². The molecular formula is C20H23ClF3NO2. The van der Waals surface area contributed by atoms with Crippen LogP contribution in [0.15, 0.2) is 48.5 Å². The van der Waals surface area contributed by atoms with Gasteiger partial charge < -0.3 is 9.84 Å². The molecule has 1 aliphatic rings. The first-order chi connectivity index (χ1) is 12.3. The Hall–Kier alpha value is -1.76. The molecule has 0 aliphatic carbocycles. The second-order valence-corrected chi connectivity index (χ2v) is 6.78. The fourth-order valence-electron chi connectivity index (χ4n) is 3.51. The van der Waals surface area contributed by atoms with Gasteiger partial charge in [-0.3, -0.25) is 4.90 Å². The van der Waals surface area contributed by atoms with E-state index in [2.05, 4.69) is 0 Å². The van der Waals surface area contributed by atoms with Gasteiger partial charge in [0.1, 0.15) is 11.4 Å². The van der Waals surface area contributed by atoms with Crippen molar-refractivity contribution >= 4 is 12.4 Å². The van der Waals surface area contributed by atoms with Gasteiger partial charge in [-0.1, -0.05) is 30.3 Å². The molecule has 0 bridgehead atoms. The second-order valence-electron chi connectivity index (χ2n) is 6.78. The normalized spacial score (nSPS) is 20.8. The number of alkyl halides is 3. The van der Waals surface area contributed by atoms with Gasteiger partial charge in [-0.15, -0.1) is 12.4 Å². The Balaban J connectivity index is 0.00000261. The molecule has 1 unspecified atom stereocenters. The largest absolute Gasteiger partial charge is 0.497 e. The Morgan fingerprint density at radius 2 is 1.89 bits per heavy atom. The third-order valence-electron chi connectivity index (χ3n) is 4.82. The number of aliphatic hydroxyl groups is 1. The van der Waals surface area contributed by atoms with Gasteiger partial charge in [0.05, 0.1) is 12.7 Å². The summed E-state index contributed by atoms with van der Waals surface area (Å²) in [5.41, 5.74) is -0.315. The highest BCUT2D eigenvalue weighted by molar-refractivity contribution is 5.85. The predicted molar refractivity (Wildman–Crippen MR) is 100 cm³/mol. The van der Waals surface area contributed by atoms with Gasteiger partial charge >= 0.3 is 6.18 Å². The van der Waals surface area contributed by atoms with Crippen LogP contribution in [-0.2, 0) is 18.3 Å². The molecule has 1 atom stereocenters. The third kappa shape index (κ3) is 5.15. The predicted octanol–water partition coefficient (Wildman–Crippen LogP) is 4.62. The van der Waals surface area contributed by atoms with Crippen molar-refractivity contribution in [2.24, 2.45) is 0 Å². The Morgan fingerprint density at radius 1 is 1.15 bits per heavy atom. The van der Waals surface area contributed by atoms with Crippen molar-refractivity contribution in [3.8, 4) is 5.75 Å². The summed E-state index contributed by atoms with van der Waals surface area (Å²) in [6, 6.07) is 12.7. The number of hydrogen-bond acceptors (Lipinski definition) is 3. The summed E-state index contributed by atoms with van der Waals surface area (Å²) in [5.74, 6) is 0.672. The van der Waals surface area contributed by atoms with Crippen molar-refractivity contribution in [3.05, 3.63) is 65.2 Å². The zero-order valence-electron chi connectivity index (χ0n) is 15.0. The molecule has 1 aliphatic heterocycles. The third-order valence-corrected chi connectivity index (χ3v) is 4.82. The molecule has 0 spiro atoms. The molecule has 7 heteroatoms. The maximum atomic E-state index is 12.9. The fourth-order valence-corrected chi connectivity index (χ4v) is 3.51. The first-order valence-corrected chi connectivity index (χ1v) is 8.56. The molecule has 1 heterocycles. The summed E-state index contributed by atoms with van der Waals surface area (Å²) in [6.07, 6.45) is -2.97. The maximum Gasteiger partial charge on any atom is 0.416 e. The topological polar surface area (TPSA) is 32.7 Å². The Labute approximate surface area is 163 Å². The number of hydrogen-bond donors (Lipinski definition) is 1. The average Bonchev–Trinajstić information content (AvgIpc) is 2.61. The van der Waals surface area contributed by atoms with Gasteiger partial charge in [0.15, 0.2) is 0 Å². The number of β-amino-alcohol motifs (C(OH)–C–C–N with tert-alkyl or cyclic N) is 1. The summed E-state index contributed by atoms with van der Waals surface area (Å²) in [6.45, 7) is 1.48. The number of nitrogens with zero attached hydrogens (tertiary/aromatic N) is 1. The van der Waals surface area contributed by atoms with Crippen molar-refractivity contribution in [3.63, 3.8) is 0 Å². The molecule has 148 valence electrons. The standard InChI is InChI=1S/C20H22F3NO2.ClH/c1-26-18-8-3-6-16(12-18)19(25)9-4-10-24(14-19)13-15-5-2-7-17(11-15)20(21,22)23;/h2-3,5-8,11-12,25H,4,9-10,13-14H2,1H3;1H. The van der Waals surface area contributed by atoms with E-state index >= 15 is 0 Å². The molecule has 1 N–H and O–H groups in total. The molecule has 3 rings (SSSR count). The van der Waals surface area contributed by atoms with Crippen LogP contribution in [0.5, 0.6) is 5.75 Å². The van der Waals surface area contributed by atoms with E-state index in [1.807, 2.05) is 29.2 Å². The van der Waals surface area contributed by atoms with Gasteiger partial charge in [0.25, 0.3) is 0 Å². The van der Waals surface area contributed by atoms with E-state index in [1.165, 1.54) is 12.1 Å². The summed E-state index contributed by atoms with van der Waals surface area (Å²) >= 11 is 0. The smallest absolute Gasteiger partial charge is 0.416 e. The zero-order chi connectivity index (χ0) is 18.8. The molecule has 2 aromatic rings. The maximum absolute atomic E-state index is 12.9. The van der Waals surface area contributed by atoms with E-state index in [0.717, 1.165) is 24.6 Å². The number of halogens is 4. The Morgan fingerprint density at radius 3 is 2.59 bits per heavy atom. The monoisotopic (exact) mass is 401 g/mol. The van der Waals surface area contributed by atoms with Crippen molar-refractivity contribution in [2.45, 2.75) is 31.2 Å². The van der Waals surface area contributed by atoms with Crippen LogP contribution in [0.4, 0.5) is 13.2 Å². The summed E-state index contributed by atoms with van der Waals surface area (Å²) in [4.78, 5) is 2.00. The van der Waals surface area contributed by atoms with E-state index in [9.17, 15) is 18.3 Å². The number of benzene rings is 2. The second kappa shape index (κ2) is 8.50. The summed E-state index contributed by atoms with van der Waals surface area (Å²) in [5, 5.41) is 11.1. The molecule has 2 aromatic carbocycles. The van der Waals surface area contributed by atoms with Gasteiger partial charge in [-0.05, 0) is 48.7 Å². The number of likely N-dealkylation sites (tertiary alicyclic amines) is 1. The molecule has 1 saturated heterocycles. The van der Waals surface area contributed by atoms with Crippen LogP contribution in [0, 0.1) is 0 Å². The minimum absolute atomic E-state index is 0. The van der Waals surface area contributed by atoms with Gasteiger partial charge in [0, 0.05) is 13.1 Å².